The summed E-state index contributed by atoms with van der Waals surface area (Å²) in [5.41, 5.74) is 2.90. The summed E-state index contributed by atoms with van der Waals surface area (Å²) in [6, 6.07) is 8.93. The van der Waals surface area contributed by atoms with Gasteiger partial charge in [0.25, 0.3) is 0 Å². The summed E-state index contributed by atoms with van der Waals surface area (Å²) >= 11 is 0. The topological polar surface area (TPSA) is 0 Å². The Labute approximate surface area is 83.0 Å². The van der Waals surface area contributed by atoms with E-state index in [0.29, 0.717) is 0 Å². The van der Waals surface area contributed by atoms with Crippen molar-refractivity contribution in [2.75, 3.05) is 0 Å². The van der Waals surface area contributed by atoms with Gasteiger partial charge in [-0.05, 0) is 24.0 Å². The van der Waals surface area contributed by atoms with Gasteiger partial charge in [0.1, 0.15) is 0 Å². The van der Waals surface area contributed by atoms with E-state index in [2.05, 4.69) is 38.1 Å². The molecule has 0 unspecified atom stereocenters. The molecule has 74 valence electrons. The Morgan fingerprint density at radius 2 is 1.31 bits per heavy atom. The summed E-state index contributed by atoms with van der Waals surface area (Å²) in [6.07, 6.45) is 3.60. The summed E-state index contributed by atoms with van der Waals surface area (Å²) in [5.74, 6) is 0. The second-order valence-corrected chi connectivity index (χ2v) is 2.92. The van der Waals surface area contributed by atoms with E-state index in [9.17, 15) is 0 Å². The zero-order chi connectivity index (χ0) is 10.1. The molecule has 0 N–H and O–H groups in total. The van der Waals surface area contributed by atoms with Crippen molar-refractivity contribution in [1.82, 2.24) is 0 Å². The molecule has 0 nitrogen and oxygen atoms in total. The van der Waals surface area contributed by atoms with Crippen molar-refractivity contribution >= 4 is 0 Å². The van der Waals surface area contributed by atoms with E-state index in [1.54, 1.807) is 0 Å². The van der Waals surface area contributed by atoms with Crippen molar-refractivity contribution in [1.29, 1.82) is 0 Å². The molecule has 0 fully saturated rings. The smallest absolute Gasteiger partial charge is 0.0281 e. The van der Waals surface area contributed by atoms with E-state index >= 15 is 0 Å². The molecular formula is C13H22. The Bertz CT molecular complexity index is 196. The lowest BCUT2D eigenvalue weighted by Gasteiger charge is -1.99. The van der Waals surface area contributed by atoms with Gasteiger partial charge in [0, 0.05) is 0 Å². The number of benzene rings is 1. The molecule has 1 rings (SSSR count). The summed E-state index contributed by atoms with van der Waals surface area (Å²) in [5, 5.41) is 0. The molecule has 0 aliphatic carbocycles. The molecule has 1 aromatic carbocycles. The predicted molar refractivity (Wildman–Crippen MR) is 61.2 cm³/mol. The standard InChI is InChI=1S/C11H16.C2H6/c1-3-5-11-8-6-10(4-2)7-9-11;1-2/h6-9H,3-5H2,1-2H3;1-2H3. The fourth-order valence-corrected chi connectivity index (χ4v) is 1.23. The van der Waals surface area contributed by atoms with Crippen LogP contribution in [0.3, 0.4) is 0 Å². The monoisotopic (exact) mass is 178 g/mol. The maximum atomic E-state index is 2.24. The summed E-state index contributed by atoms with van der Waals surface area (Å²) in [7, 11) is 0. The van der Waals surface area contributed by atoms with Gasteiger partial charge >= 0.3 is 0 Å². The molecule has 1 aromatic rings. The van der Waals surface area contributed by atoms with Crippen LogP contribution in [-0.4, -0.2) is 0 Å². The lowest BCUT2D eigenvalue weighted by Crippen LogP contribution is -1.84. The van der Waals surface area contributed by atoms with Crippen LogP contribution in [-0.2, 0) is 12.8 Å². The SMILES string of the molecule is CC.CCCc1ccc(CC)cc1. The van der Waals surface area contributed by atoms with Gasteiger partial charge in [-0.15, -0.1) is 0 Å². The van der Waals surface area contributed by atoms with E-state index in [1.807, 2.05) is 13.8 Å². The highest BCUT2D eigenvalue weighted by Gasteiger charge is 1.90. The first-order valence-corrected chi connectivity index (χ1v) is 5.44. The molecule has 0 aliphatic heterocycles. The molecule has 0 saturated heterocycles. The van der Waals surface area contributed by atoms with Gasteiger partial charge in [-0.1, -0.05) is 58.4 Å². The van der Waals surface area contributed by atoms with Gasteiger partial charge in [-0.25, -0.2) is 0 Å². The molecule has 13 heavy (non-hydrogen) atoms. The van der Waals surface area contributed by atoms with Crippen molar-refractivity contribution in [2.24, 2.45) is 0 Å². The Hall–Kier alpha value is -0.780. The summed E-state index contributed by atoms with van der Waals surface area (Å²) in [4.78, 5) is 0. The van der Waals surface area contributed by atoms with E-state index in [0.717, 1.165) is 6.42 Å². The second kappa shape index (κ2) is 7.85. The zero-order valence-corrected chi connectivity index (χ0v) is 9.43. The molecule has 0 atom stereocenters. The predicted octanol–water partition coefficient (Wildman–Crippen LogP) is 4.23. The minimum Gasteiger partial charge on any atom is -0.0683 e. The van der Waals surface area contributed by atoms with Crippen LogP contribution in [0.4, 0.5) is 0 Å². The van der Waals surface area contributed by atoms with Crippen LogP contribution in [0.1, 0.15) is 45.2 Å². The van der Waals surface area contributed by atoms with Crippen molar-refractivity contribution < 1.29 is 0 Å². The van der Waals surface area contributed by atoms with Crippen molar-refractivity contribution in [3.8, 4) is 0 Å². The van der Waals surface area contributed by atoms with E-state index in [-0.39, 0.29) is 0 Å². The molecular weight excluding hydrogens is 156 g/mol. The second-order valence-electron chi connectivity index (χ2n) is 2.92. The number of aryl methyl sites for hydroxylation is 2. The first kappa shape index (κ1) is 12.2. The highest BCUT2D eigenvalue weighted by molar-refractivity contribution is 5.22. The van der Waals surface area contributed by atoms with Crippen LogP contribution in [0.25, 0.3) is 0 Å². The highest BCUT2D eigenvalue weighted by atomic mass is 14.0. The molecule has 0 saturated carbocycles. The Balaban J connectivity index is 0.000000671. The van der Waals surface area contributed by atoms with Crippen LogP contribution in [0.2, 0.25) is 0 Å². The Morgan fingerprint density at radius 1 is 0.846 bits per heavy atom. The molecule has 0 aliphatic rings. The minimum atomic E-state index is 1.15. The number of rotatable bonds is 3. The maximum absolute atomic E-state index is 2.24. The Morgan fingerprint density at radius 3 is 1.69 bits per heavy atom. The fraction of sp³-hybridized carbons (Fsp3) is 0.538. The van der Waals surface area contributed by atoms with Gasteiger partial charge in [-0.2, -0.15) is 0 Å². The molecule has 0 spiro atoms. The average Bonchev–Trinajstić information content (AvgIpc) is 2.23. The van der Waals surface area contributed by atoms with Gasteiger partial charge in [0.15, 0.2) is 0 Å². The fourth-order valence-electron chi connectivity index (χ4n) is 1.23. The van der Waals surface area contributed by atoms with Crippen LogP contribution in [0, 0.1) is 0 Å². The lowest BCUT2D eigenvalue weighted by molar-refractivity contribution is 0.920. The summed E-state index contributed by atoms with van der Waals surface area (Å²) < 4.78 is 0. The maximum Gasteiger partial charge on any atom is -0.0281 e. The van der Waals surface area contributed by atoms with E-state index in [4.69, 9.17) is 0 Å². The average molecular weight is 178 g/mol. The van der Waals surface area contributed by atoms with E-state index in [1.165, 1.54) is 24.0 Å². The van der Waals surface area contributed by atoms with Crippen LogP contribution in [0.5, 0.6) is 0 Å². The van der Waals surface area contributed by atoms with Crippen molar-refractivity contribution in [3.63, 3.8) is 0 Å². The van der Waals surface area contributed by atoms with Crippen molar-refractivity contribution in [3.05, 3.63) is 35.4 Å². The molecule has 0 bridgehead atoms. The number of hydrogen-bond donors (Lipinski definition) is 0. The number of hydrogen-bond acceptors (Lipinski definition) is 0. The first-order valence-electron chi connectivity index (χ1n) is 5.44. The van der Waals surface area contributed by atoms with Crippen LogP contribution >= 0.6 is 0 Å². The third-order valence-electron chi connectivity index (χ3n) is 1.97. The van der Waals surface area contributed by atoms with Crippen LogP contribution in [0.15, 0.2) is 24.3 Å². The van der Waals surface area contributed by atoms with Gasteiger partial charge in [-0.3, -0.25) is 0 Å². The van der Waals surface area contributed by atoms with Gasteiger partial charge in [0.2, 0.25) is 0 Å². The van der Waals surface area contributed by atoms with Crippen LogP contribution < -0.4 is 0 Å². The third kappa shape index (κ3) is 4.72. The molecule has 0 aromatic heterocycles. The molecule has 0 radical (unpaired) electrons. The normalized spacial score (nSPS) is 8.92. The lowest BCUT2D eigenvalue weighted by atomic mass is 10.1. The third-order valence-corrected chi connectivity index (χ3v) is 1.97. The molecule has 0 heteroatoms. The minimum absolute atomic E-state index is 1.15. The van der Waals surface area contributed by atoms with Crippen molar-refractivity contribution in [2.45, 2.75) is 47.0 Å². The first-order chi connectivity index (χ1) is 6.36. The van der Waals surface area contributed by atoms with Gasteiger partial charge in [0.05, 0.1) is 0 Å². The van der Waals surface area contributed by atoms with E-state index < -0.39 is 0 Å². The zero-order valence-electron chi connectivity index (χ0n) is 9.43. The Kier molecular flexibility index (Phi) is 7.38. The largest absolute Gasteiger partial charge is 0.0683 e. The quantitative estimate of drug-likeness (QED) is 0.650. The highest BCUT2D eigenvalue weighted by Crippen LogP contribution is 2.06. The molecule has 0 heterocycles. The summed E-state index contributed by atoms with van der Waals surface area (Å²) in [6.45, 7) is 8.41. The molecule has 0 amide bonds. The van der Waals surface area contributed by atoms with Gasteiger partial charge < -0.3 is 0 Å².